The number of amides is 2. The quantitative estimate of drug-likeness (QED) is 0.357. The van der Waals surface area contributed by atoms with Gasteiger partial charge in [0.15, 0.2) is 0 Å². The van der Waals surface area contributed by atoms with Crippen LogP contribution >= 0.6 is 0 Å². The molecule has 0 spiro atoms. The fourth-order valence-corrected chi connectivity index (χ4v) is 3.22. The molecular formula is C24H18F3N5O3. The molecule has 3 N–H and O–H groups in total. The number of urea groups is 1. The SMILES string of the molecule is N#Cc1ccc(-c2ccn3c(-c4cccc(NC(=O)NCC(F)(F)F)c4)cnc3c2)cc1.O=CO. The molecule has 178 valence electrons. The number of nitrogens with one attached hydrogen (secondary N) is 2. The maximum absolute atomic E-state index is 12.3. The van der Waals surface area contributed by atoms with Crippen LogP contribution in [0.4, 0.5) is 23.7 Å². The number of hydrogen-bond donors (Lipinski definition) is 3. The molecule has 0 saturated heterocycles. The van der Waals surface area contributed by atoms with Crippen LogP contribution < -0.4 is 10.6 Å². The first-order valence-corrected chi connectivity index (χ1v) is 10.0. The van der Waals surface area contributed by atoms with Crippen LogP contribution in [-0.4, -0.2) is 39.7 Å². The molecule has 0 aliphatic carbocycles. The van der Waals surface area contributed by atoms with E-state index < -0.39 is 18.8 Å². The molecule has 4 rings (SSSR count). The number of anilines is 1. The Balaban J connectivity index is 0.00000108. The van der Waals surface area contributed by atoms with Gasteiger partial charge in [-0.15, -0.1) is 0 Å². The van der Waals surface area contributed by atoms with Crippen LogP contribution in [0.5, 0.6) is 0 Å². The Bertz CT molecular complexity index is 1380. The highest BCUT2D eigenvalue weighted by molar-refractivity contribution is 5.90. The third-order valence-corrected chi connectivity index (χ3v) is 4.73. The van der Waals surface area contributed by atoms with Gasteiger partial charge in [-0.25, -0.2) is 9.78 Å². The normalized spacial score (nSPS) is 10.6. The topological polar surface area (TPSA) is 120 Å². The van der Waals surface area contributed by atoms with Gasteiger partial charge < -0.3 is 15.7 Å². The van der Waals surface area contributed by atoms with Crippen molar-refractivity contribution in [2.24, 2.45) is 0 Å². The molecule has 0 aliphatic heterocycles. The number of imidazole rings is 1. The molecule has 0 fully saturated rings. The van der Waals surface area contributed by atoms with E-state index in [1.165, 1.54) is 0 Å². The molecule has 35 heavy (non-hydrogen) atoms. The highest BCUT2D eigenvalue weighted by Crippen LogP contribution is 2.27. The number of carbonyl (C=O) groups excluding carboxylic acids is 1. The van der Waals surface area contributed by atoms with Gasteiger partial charge in [-0.2, -0.15) is 18.4 Å². The first kappa shape index (κ1) is 24.8. The minimum atomic E-state index is -4.48. The molecule has 2 heterocycles. The number of halogens is 3. The fourth-order valence-electron chi connectivity index (χ4n) is 3.22. The van der Waals surface area contributed by atoms with Crippen molar-refractivity contribution in [3.05, 3.63) is 78.6 Å². The molecule has 0 atom stereocenters. The fraction of sp³-hybridized carbons (Fsp3) is 0.0833. The lowest BCUT2D eigenvalue weighted by molar-refractivity contribution is -0.123. The molecule has 2 amide bonds. The summed E-state index contributed by atoms with van der Waals surface area (Å²) in [5.74, 6) is 0. The van der Waals surface area contributed by atoms with Gasteiger partial charge in [0.1, 0.15) is 12.2 Å². The average Bonchev–Trinajstić information content (AvgIpc) is 3.26. The van der Waals surface area contributed by atoms with Gasteiger partial charge in [-0.3, -0.25) is 9.20 Å². The average molecular weight is 481 g/mol. The highest BCUT2D eigenvalue weighted by atomic mass is 19.4. The van der Waals surface area contributed by atoms with E-state index in [2.05, 4.69) is 16.4 Å². The number of pyridine rings is 1. The first-order valence-electron chi connectivity index (χ1n) is 10.0. The number of nitrogens with zero attached hydrogens (tertiary/aromatic N) is 3. The number of carboxylic acid groups (broad SMARTS) is 1. The van der Waals surface area contributed by atoms with Crippen molar-refractivity contribution < 1.29 is 27.9 Å². The largest absolute Gasteiger partial charge is 0.483 e. The van der Waals surface area contributed by atoms with E-state index in [1.807, 2.05) is 40.9 Å². The Labute approximate surface area is 197 Å². The summed E-state index contributed by atoms with van der Waals surface area (Å²) >= 11 is 0. The first-order chi connectivity index (χ1) is 16.7. The van der Waals surface area contributed by atoms with E-state index in [4.69, 9.17) is 15.2 Å². The second kappa shape index (κ2) is 10.8. The zero-order valence-corrected chi connectivity index (χ0v) is 18.0. The minimum Gasteiger partial charge on any atom is -0.483 e. The Morgan fingerprint density at radius 2 is 1.80 bits per heavy atom. The molecule has 0 radical (unpaired) electrons. The standard InChI is InChI=1S/C23H16F3N5O.CH2O2/c24-23(25,26)14-29-22(32)30-19-3-1-2-18(10-19)20-13-28-21-11-17(8-9-31(20)21)16-6-4-15(12-27)5-7-16;2-1-3/h1-11,13H,14H2,(H2,29,30,32);1H,(H,2,3). The number of rotatable bonds is 4. The number of fused-ring (bicyclic) bond motifs is 1. The van der Waals surface area contributed by atoms with Crippen LogP contribution in [0.2, 0.25) is 0 Å². The lowest BCUT2D eigenvalue weighted by atomic mass is 10.1. The zero-order valence-electron chi connectivity index (χ0n) is 18.0. The van der Waals surface area contributed by atoms with Crippen molar-refractivity contribution in [1.82, 2.24) is 14.7 Å². The summed E-state index contributed by atoms with van der Waals surface area (Å²) in [5, 5.41) is 20.0. The molecule has 0 unspecified atom stereocenters. The predicted molar refractivity (Wildman–Crippen MR) is 123 cm³/mol. The monoisotopic (exact) mass is 481 g/mol. The molecule has 0 aliphatic rings. The van der Waals surface area contributed by atoms with E-state index >= 15 is 0 Å². The van der Waals surface area contributed by atoms with Crippen molar-refractivity contribution in [2.75, 3.05) is 11.9 Å². The van der Waals surface area contributed by atoms with E-state index in [0.29, 0.717) is 16.9 Å². The van der Waals surface area contributed by atoms with Crippen LogP contribution in [0.3, 0.4) is 0 Å². The summed E-state index contributed by atoms with van der Waals surface area (Å²) in [7, 11) is 0. The van der Waals surface area contributed by atoms with Crippen LogP contribution in [0, 0.1) is 11.3 Å². The number of carbonyl (C=O) groups is 2. The Hall–Kier alpha value is -4.85. The maximum atomic E-state index is 12.3. The molecule has 0 saturated carbocycles. The van der Waals surface area contributed by atoms with Crippen molar-refractivity contribution in [1.29, 1.82) is 5.26 Å². The van der Waals surface area contributed by atoms with Gasteiger partial charge >= 0.3 is 12.2 Å². The second-order valence-corrected chi connectivity index (χ2v) is 7.09. The third kappa shape index (κ3) is 6.58. The number of alkyl halides is 3. The lowest BCUT2D eigenvalue weighted by Crippen LogP contribution is -2.36. The maximum Gasteiger partial charge on any atom is 0.405 e. The number of nitriles is 1. The summed E-state index contributed by atoms with van der Waals surface area (Å²) in [4.78, 5) is 24.5. The van der Waals surface area contributed by atoms with E-state index in [9.17, 15) is 18.0 Å². The molecule has 2 aromatic carbocycles. The lowest BCUT2D eigenvalue weighted by Gasteiger charge is -2.11. The van der Waals surface area contributed by atoms with Crippen LogP contribution in [0.1, 0.15) is 5.56 Å². The van der Waals surface area contributed by atoms with Crippen LogP contribution in [-0.2, 0) is 4.79 Å². The van der Waals surface area contributed by atoms with E-state index in [1.54, 1.807) is 41.8 Å². The van der Waals surface area contributed by atoms with Crippen molar-refractivity contribution in [2.45, 2.75) is 6.18 Å². The number of aromatic nitrogens is 2. The molecule has 11 heteroatoms. The van der Waals surface area contributed by atoms with Gasteiger partial charge in [0.2, 0.25) is 0 Å². The third-order valence-electron chi connectivity index (χ3n) is 4.73. The van der Waals surface area contributed by atoms with Crippen LogP contribution in [0.25, 0.3) is 28.0 Å². The van der Waals surface area contributed by atoms with Gasteiger partial charge in [0.25, 0.3) is 6.47 Å². The van der Waals surface area contributed by atoms with Crippen LogP contribution in [0.15, 0.2) is 73.1 Å². The highest BCUT2D eigenvalue weighted by Gasteiger charge is 2.27. The molecule has 0 bridgehead atoms. The van der Waals surface area contributed by atoms with Crippen molar-refractivity contribution in [3.63, 3.8) is 0 Å². The van der Waals surface area contributed by atoms with Gasteiger partial charge in [0.05, 0.1) is 23.5 Å². The summed E-state index contributed by atoms with van der Waals surface area (Å²) in [5.41, 5.74) is 5.01. The summed E-state index contributed by atoms with van der Waals surface area (Å²) in [6.07, 6.45) is -0.936. The predicted octanol–water partition coefficient (Wildman–Crippen LogP) is 4.92. The summed E-state index contributed by atoms with van der Waals surface area (Å²) < 4.78 is 38.6. The second-order valence-electron chi connectivity index (χ2n) is 7.09. The molecule has 2 aromatic heterocycles. The van der Waals surface area contributed by atoms with Crippen molar-refractivity contribution in [3.8, 4) is 28.5 Å². The molecular weight excluding hydrogens is 463 g/mol. The minimum absolute atomic E-state index is 0.250. The van der Waals surface area contributed by atoms with Gasteiger partial charge in [0, 0.05) is 17.4 Å². The summed E-state index contributed by atoms with van der Waals surface area (Å²) in [6.45, 7) is -1.66. The Morgan fingerprint density at radius 1 is 1.09 bits per heavy atom. The van der Waals surface area contributed by atoms with Gasteiger partial charge in [-0.1, -0.05) is 24.3 Å². The summed E-state index contributed by atoms with van der Waals surface area (Å²) in [6, 6.07) is 19.0. The van der Waals surface area contributed by atoms with E-state index in [0.717, 1.165) is 22.4 Å². The van der Waals surface area contributed by atoms with E-state index in [-0.39, 0.29) is 6.47 Å². The zero-order chi connectivity index (χ0) is 25.4. The Kier molecular flexibility index (Phi) is 7.68. The number of hydrogen-bond acceptors (Lipinski definition) is 4. The van der Waals surface area contributed by atoms with Crippen molar-refractivity contribution >= 4 is 23.8 Å². The smallest absolute Gasteiger partial charge is 0.405 e. The number of benzene rings is 2. The molecule has 4 aromatic rings. The van der Waals surface area contributed by atoms with Gasteiger partial charge in [-0.05, 0) is 47.5 Å². The Morgan fingerprint density at radius 3 is 2.46 bits per heavy atom. The molecule has 8 nitrogen and oxygen atoms in total.